The predicted octanol–water partition coefficient (Wildman–Crippen LogP) is 4.10. The second-order valence-corrected chi connectivity index (χ2v) is 6.31. The summed E-state index contributed by atoms with van der Waals surface area (Å²) < 4.78 is 15.3. The minimum atomic E-state index is -0.707. The largest absolute Gasteiger partial charge is 0.493 e. The molecule has 1 N–H and O–H groups in total. The van der Waals surface area contributed by atoms with Crippen molar-refractivity contribution in [3.63, 3.8) is 0 Å². The second-order valence-electron chi connectivity index (χ2n) is 5.47. The molecule has 9 heteroatoms. The normalized spacial score (nSPS) is 10.3. The number of amides is 1. The highest BCUT2D eigenvalue weighted by Gasteiger charge is 2.09. The molecule has 0 fully saturated rings. The first-order chi connectivity index (χ1) is 13.9. The zero-order chi connectivity index (χ0) is 21.2. The standard InChI is InChI=1S/C20H16Cl2N2O5/c1-27-18-10-13(2-6-17(18)28-9-8-23)3-7-20(26)29-12-19(25)24-16-11-14(21)4-5-15(16)22/h2-7,10-11H,9,12H2,1H3,(H,24,25). The quantitative estimate of drug-likeness (QED) is 0.495. The maximum Gasteiger partial charge on any atom is 0.331 e. The molecular formula is C20H16Cl2N2O5. The van der Waals surface area contributed by atoms with Crippen LogP contribution in [0, 0.1) is 11.3 Å². The number of carbonyl (C=O) groups is 2. The van der Waals surface area contributed by atoms with Gasteiger partial charge in [-0.2, -0.15) is 5.26 Å². The lowest BCUT2D eigenvalue weighted by atomic mass is 10.2. The van der Waals surface area contributed by atoms with Crippen molar-refractivity contribution in [1.82, 2.24) is 0 Å². The summed E-state index contributed by atoms with van der Waals surface area (Å²) in [5, 5.41) is 11.8. The molecule has 0 aliphatic heterocycles. The fourth-order valence-corrected chi connectivity index (χ4v) is 2.48. The van der Waals surface area contributed by atoms with Crippen molar-refractivity contribution in [2.45, 2.75) is 0 Å². The maximum atomic E-state index is 11.9. The number of methoxy groups -OCH3 is 1. The van der Waals surface area contributed by atoms with Gasteiger partial charge in [-0.3, -0.25) is 4.79 Å². The van der Waals surface area contributed by atoms with E-state index in [0.717, 1.165) is 0 Å². The third-order valence-electron chi connectivity index (χ3n) is 3.44. The van der Waals surface area contributed by atoms with E-state index in [1.54, 1.807) is 30.3 Å². The van der Waals surface area contributed by atoms with Crippen LogP contribution in [0.2, 0.25) is 10.0 Å². The van der Waals surface area contributed by atoms with E-state index in [0.29, 0.717) is 32.8 Å². The molecule has 0 aliphatic rings. The van der Waals surface area contributed by atoms with Crippen molar-refractivity contribution in [2.75, 3.05) is 25.6 Å². The van der Waals surface area contributed by atoms with Crippen molar-refractivity contribution in [2.24, 2.45) is 0 Å². The van der Waals surface area contributed by atoms with Gasteiger partial charge >= 0.3 is 5.97 Å². The first-order valence-electron chi connectivity index (χ1n) is 8.20. The van der Waals surface area contributed by atoms with Crippen molar-refractivity contribution in [3.8, 4) is 17.6 Å². The van der Waals surface area contributed by atoms with E-state index in [1.165, 1.54) is 25.3 Å². The summed E-state index contributed by atoms with van der Waals surface area (Å²) in [6.07, 6.45) is 2.66. The molecule has 0 radical (unpaired) electrons. The number of hydrogen-bond acceptors (Lipinski definition) is 6. The number of nitriles is 1. The summed E-state index contributed by atoms with van der Waals surface area (Å²) in [6.45, 7) is -0.601. The van der Waals surface area contributed by atoms with Gasteiger partial charge < -0.3 is 19.5 Å². The Bertz CT molecular complexity index is 970. The van der Waals surface area contributed by atoms with Gasteiger partial charge in [-0.05, 0) is 42.0 Å². The Morgan fingerprint density at radius 1 is 1.17 bits per heavy atom. The zero-order valence-electron chi connectivity index (χ0n) is 15.3. The Balaban J connectivity index is 1.90. The lowest BCUT2D eigenvalue weighted by Crippen LogP contribution is -2.20. The summed E-state index contributed by atoms with van der Waals surface area (Å²) in [7, 11) is 1.46. The summed E-state index contributed by atoms with van der Waals surface area (Å²) in [4.78, 5) is 23.7. The van der Waals surface area contributed by atoms with E-state index < -0.39 is 18.5 Å². The lowest BCUT2D eigenvalue weighted by Gasteiger charge is -2.09. The van der Waals surface area contributed by atoms with Gasteiger partial charge in [-0.15, -0.1) is 0 Å². The number of nitrogens with zero attached hydrogens (tertiary/aromatic N) is 1. The molecule has 0 bridgehead atoms. The number of halogens is 2. The van der Waals surface area contributed by atoms with E-state index in [9.17, 15) is 9.59 Å². The zero-order valence-corrected chi connectivity index (χ0v) is 16.8. The number of carbonyl (C=O) groups excluding carboxylic acids is 2. The molecule has 29 heavy (non-hydrogen) atoms. The third-order valence-corrected chi connectivity index (χ3v) is 4.00. The van der Waals surface area contributed by atoms with E-state index in [1.807, 2.05) is 6.07 Å². The number of benzene rings is 2. The fourth-order valence-electron chi connectivity index (χ4n) is 2.15. The summed E-state index contributed by atoms with van der Waals surface area (Å²) in [6, 6.07) is 11.4. The Morgan fingerprint density at radius 3 is 2.69 bits per heavy atom. The van der Waals surface area contributed by atoms with E-state index >= 15 is 0 Å². The second kappa shape index (κ2) is 11.0. The number of hydrogen-bond donors (Lipinski definition) is 1. The first kappa shape index (κ1) is 22.1. The van der Waals surface area contributed by atoms with Gasteiger partial charge in [-0.1, -0.05) is 29.3 Å². The molecule has 7 nitrogen and oxygen atoms in total. The molecule has 2 aromatic carbocycles. The van der Waals surface area contributed by atoms with Gasteiger partial charge in [0.2, 0.25) is 0 Å². The molecule has 0 aliphatic carbocycles. The molecule has 0 heterocycles. The smallest absolute Gasteiger partial charge is 0.331 e. The Hall–Kier alpha value is -3.21. The number of rotatable bonds is 8. The number of ether oxygens (including phenoxy) is 3. The molecular weight excluding hydrogens is 419 g/mol. The Labute approximate surface area is 177 Å². The van der Waals surface area contributed by atoms with Crippen LogP contribution in [0.4, 0.5) is 5.69 Å². The Kier molecular flexibility index (Phi) is 8.34. The van der Waals surface area contributed by atoms with Gasteiger partial charge in [-0.25, -0.2) is 4.79 Å². The van der Waals surface area contributed by atoms with Crippen LogP contribution in [0.3, 0.4) is 0 Å². The van der Waals surface area contributed by atoms with Crippen molar-refractivity contribution in [3.05, 3.63) is 58.1 Å². The molecule has 0 atom stereocenters. The summed E-state index contributed by atoms with van der Waals surface area (Å²) in [5.74, 6) is -0.448. The predicted molar refractivity (Wildman–Crippen MR) is 109 cm³/mol. The maximum absolute atomic E-state index is 11.9. The SMILES string of the molecule is COc1cc(C=CC(=O)OCC(=O)Nc2cc(Cl)ccc2Cl)ccc1OCC#N. The first-order valence-corrected chi connectivity index (χ1v) is 8.96. The summed E-state index contributed by atoms with van der Waals surface area (Å²) >= 11 is 11.8. The molecule has 0 aromatic heterocycles. The average molecular weight is 435 g/mol. The van der Waals surface area contributed by atoms with Gasteiger partial charge in [0.1, 0.15) is 6.07 Å². The van der Waals surface area contributed by atoms with Crippen LogP contribution in [0.1, 0.15) is 5.56 Å². The highest BCUT2D eigenvalue weighted by molar-refractivity contribution is 6.35. The number of nitrogens with one attached hydrogen (secondary N) is 1. The molecule has 1 amide bonds. The third kappa shape index (κ3) is 7.03. The molecule has 0 saturated heterocycles. The van der Waals surface area contributed by atoms with Crippen molar-refractivity contribution >= 4 is 46.8 Å². The Morgan fingerprint density at radius 2 is 1.97 bits per heavy atom. The van der Waals surface area contributed by atoms with Crippen LogP contribution < -0.4 is 14.8 Å². The highest BCUT2D eigenvalue weighted by atomic mass is 35.5. The molecule has 0 spiro atoms. The van der Waals surface area contributed by atoms with Crippen LogP contribution in [0.15, 0.2) is 42.5 Å². The highest BCUT2D eigenvalue weighted by Crippen LogP contribution is 2.28. The summed E-state index contributed by atoms with van der Waals surface area (Å²) in [5.41, 5.74) is 0.958. The van der Waals surface area contributed by atoms with Gasteiger partial charge in [0, 0.05) is 11.1 Å². The van der Waals surface area contributed by atoms with E-state index in [2.05, 4.69) is 5.32 Å². The van der Waals surface area contributed by atoms with Crippen LogP contribution >= 0.6 is 23.2 Å². The fraction of sp³-hybridized carbons (Fsp3) is 0.150. The molecule has 150 valence electrons. The monoisotopic (exact) mass is 434 g/mol. The van der Waals surface area contributed by atoms with Crippen molar-refractivity contribution in [1.29, 1.82) is 5.26 Å². The van der Waals surface area contributed by atoms with Gasteiger partial charge in [0.15, 0.2) is 24.7 Å². The number of anilines is 1. The van der Waals surface area contributed by atoms with E-state index in [4.69, 9.17) is 42.7 Å². The molecule has 2 rings (SSSR count). The molecule has 2 aromatic rings. The van der Waals surface area contributed by atoms with Crippen LogP contribution in [0.5, 0.6) is 11.5 Å². The minimum Gasteiger partial charge on any atom is -0.493 e. The average Bonchev–Trinajstić information content (AvgIpc) is 2.72. The minimum absolute atomic E-state index is 0.111. The topological polar surface area (TPSA) is 97.7 Å². The van der Waals surface area contributed by atoms with Crippen LogP contribution in [0.25, 0.3) is 6.08 Å². The molecule has 0 unspecified atom stereocenters. The van der Waals surface area contributed by atoms with Gasteiger partial charge in [0.05, 0.1) is 17.8 Å². The number of esters is 1. The van der Waals surface area contributed by atoms with E-state index in [-0.39, 0.29) is 6.61 Å². The van der Waals surface area contributed by atoms with Crippen molar-refractivity contribution < 1.29 is 23.8 Å². The van der Waals surface area contributed by atoms with Gasteiger partial charge in [0.25, 0.3) is 5.91 Å². The van der Waals surface area contributed by atoms with Crippen LogP contribution in [-0.4, -0.2) is 32.2 Å². The molecule has 0 saturated carbocycles. The lowest BCUT2D eigenvalue weighted by molar-refractivity contribution is -0.142. The van der Waals surface area contributed by atoms with Crippen LogP contribution in [-0.2, 0) is 14.3 Å².